The number of thiophene rings is 1. The molecule has 29 heavy (non-hydrogen) atoms. The van der Waals surface area contributed by atoms with E-state index in [0.29, 0.717) is 23.9 Å². The first-order chi connectivity index (χ1) is 13.6. The first-order valence-corrected chi connectivity index (χ1v) is 9.61. The molecule has 150 valence electrons. The number of anilines is 2. The topological polar surface area (TPSA) is 76.5 Å². The Morgan fingerprint density at radius 3 is 2.69 bits per heavy atom. The summed E-state index contributed by atoms with van der Waals surface area (Å²) in [6, 6.07) is 11.1. The molecular weight excluding hydrogens is 410 g/mol. The first kappa shape index (κ1) is 20.7. The summed E-state index contributed by atoms with van der Waals surface area (Å²) in [6.07, 6.45) is 1.49. The lowest BCUT2D eigenvalue weighted by Gasteiger charge is -2.14. The molecule has 4 rings (SSSR count). The number of hydrogen-bond donors (Lipinski definition) is 2. The van der Waals surface area contributed by atoms with Gasteiger partial charge in [0.05, 0.1) is 12.6 Å². The van der Waals surface area contributed by atoms with Gasteiger partial charge in [0.15, 0.2) is 11.5 Å². The van der Waals surface area contributed by atoms with E-state index >= 15 is 0 Å². The van der Waals surface area contributed by atoms with Crippen LogP contribution < -0.4 is 14.8 Å². The van der Waals surface area contributed by atoms with Crippen LogP contribution in [0.15, 0.2) is 53.5 Å². The Kier molecular flexibility index (Phi) is 6.41. The van der Waals surface area contributed by atoms with E-state index in [1.165, 1.54) is 6.33 Å². The van der Waals surface area contributed by atoms with Crippen molar-refractivity contribution >= 4 is 46.2 Å². The smallest absolute Gasteiger partial charge is 0.163 e. The number of benzene rings is 2. The summed E-state index contributed by atoms with van der Waals surface area (Å²) in [5, 5.41) is 18.0. The molecule has 0 fully saturated rings. The van der Waals surface area contributed by atoms with E-state index in [2.05, 4.69) is 20.7 Å². The number of rotatable bonds is 6. The molecule has 0 atom stereocenters. The summed E-state index contributed by atoms with van der Waals surface area (Å²) >= 11 is 1.63. The minimum Gasteiger partial charge on any atom is -0.508 e. The van der Waals surface area contributed by atoms with E-state index in [9.17, 15) is 5.11 Å². The minimum atomic E-state index is 0. The second-order valence-electron chi connectivity index (χ2n) is 6.29. The van der Waals surface area contributed by atoms with Crippen LogP contribution in [0.1, 0.15) is 11.1 Å². The maximum atomic E-state index is 9.94. The van der Waals surface area contributed by atoms with Gasteiger partial charge in [-0.05, 0) is 47.0 Å². The third kappa shape index (κ3) is 4.52. The van der Waals surface area contributed by atoms with Crippen molar-refractivity contribution in [2.45, 2.75) is 13.5 Å². The summed E-state index contributed by atoms with van der Waals surface area (Å²) in [5.74, 6) is 2.08. The number of ether oxygens (including phenoxy) is 2. The summed E-state index contributed by atoms with van der Waals surface area (Å²) in [4.78, 5) is 8.71. The molecule has 4 aromatic rings. The van der Waals surface area contributed by atoms with Gasteiger partial charge in [-0.1, -0.05) is 6.07 Å². The molecule has 0 radical (unpaired) electrons. The quantitative estimate of drug-likeness (QED) is 0.424. The molecule has 0 saturated carbocycles. The molecule has 0 aliphatic heterocycles. The van der Waals surface area contributed by atoms with E-state index in [1.54, 1.807) is 24.5 Å². The number of aromatic nitrogens is 2. The monoisotopic (exact) mass is 429 g/mol. The van der Waals surface area contributed by atoms with Crippen molar-refractivity contribution in [3.63, 3.8) is 0 Å². The molecule has 0 aliphatic rings. The van der Waals surface area contributed by atoms with Crippen molar-refractivity contribution in [2.24, 2.45) is 0 Å². The van der Waals surface area contributed by atoms with Crippen molar-refractivity contribution in [1.82, 2.24) is 9.97 Å². The highest BCUT2D eigenvalue weighted by Crippen LogP contribution is 2.35. The highest BCUT2D eigenvalue weighted by atomic mass is 35.5. The lowest BCUT2D eigenvalue weighted by Crippen LogP contribution is -2.00. The number of nitrogens with zero attached hydrogens (tertiary/aromatic N) is 2. The molecule has 6 nitrogen and oxygen atoms in total. The van der Waals surface area contributed by atoms with E-state index in [1.807, 2.05) is 42.6 Å². The fraction of sp³-hybridized carbons (Fsp3) is 0.143. The molecule has 2 N–H and O–H groups in total. The third-order valence-corrected chi connectivity index (χ3v) is 5.10. The number of halogens is 1. The third-order valence-electron chi connectivity index (χ3n) is 4.37. The molecule has 2 aromatic heterocycles. The molecule has 0 unspecified atom stereocenters. The fourth-order valence-corrected chi connectivity index (χ4v) is 3.45. The SMILES string of the molecule is COc1cc2c(Nc3ccc(C)c(O)c3)ncnc2cc1OCc1ccsc1.Cl. The van der Waals surface area contributed by atoms with Crippen LogP contribution in [0.4, 0.5) is 11.5 Å². The van der Waals surface area contributed by atoms with Crippen molar-refractivity contribution < 1.29 is 14.6 Å². The first-order valence-electron chi connectivity index (χ1n) is 8.67. The predicted octanol–water partition coefficient (Wildman–Crippen LogP) is 5.46. The van der Waals surface area contributed by atoms with Gasteiger partial charge in [-0.2, -0.15) is 11.3 Å². The molecule has 2 aromatic carbocycles. The van der Waals surface area contributed by atoms with Gasteiger partial charge in [0.1, 0.15) is 24.5 Å². The lowest BCUT2D eigenvalue weighted by atomic mass is 10.2. The largest absolute Gasteiger partial charge is 0.508 e. The summed E-state index contributed by atoms with van der Waals surface area (Å²) in [5.41, 5.74) is 3.39. The van der Waals surface area contributed by atoms with E-state index in [-0.39, 0.29) is 18.2 Å². The Balaban J connectivity index is 0.00000240. The second kappa shape index (κ2) is 8.98. The summed E-state index contributed by atoms with van der Waals surface area (Å²) < 4.78 is 11.5. The molecule has 0 saturated heterocycles. The van der Waals surface area contributed by atoms with Gasteiger partial charge in [-0.15, -0.1) is 12.4 Å². The lowest BCUT2D eigenvalue weighted by molar-refractivity contribution is 0.285. The van der Waals surface area contributed by atoms with Crippen LogP contribution in [0.2, 0.25) is 0 Å². The van der Waals surface area contributed by atoms with Gasteiger partial charge in [0, 0.05) is 23.2 Å². The Labute approximate surface area is 178 Å². The number of fused-ring (bicyclic) bond motifs is 1. The Hall–Kier alpha value is -3.03. The Bertz CT molecular complexity index is 1120. The number of phenolic OH excluding ortho intramolecular Hbond substituents is 1. The molecular formula is C21H20ClN3O3S. The molecule has 0 aliphatic carbocycles. The highest BCUT2D eigenvalue weighted by molar-refractivity contribution is 7.07. The molecule has 0 amide bonds. The predicted molar refractivity (Wildman–Crippen MR) is 118 cm³/mol. The molecule has 0 bridgehead atoms. The number of aryl methyl sites for hydroxylation is 1. The zero-order valence-electron chi connectivity index (χ0n) is 15.9. The van der Waals surface area contributed by atoms with Gasteiger partial charge in [-0.25, -0.2) is 9.97 Å². The number of aromatic hydroxyl groups is 1. The second-order valence-corrected chi connectivity index (χ2v) is 7.07. The van der Waals surface area contributed by atoms with Crippen LogP contribution in [0.3, 0.4) is 0 Å². The zero-order chi connectivity index (χ0) is 19.5. The molecule has 0 spiro atoms. The summed E-state index contributed by atoms with van der Waals surface area (Å²) in [6.45, 7) is 2.31. The van der Waals surface area contributed by atoms with Crippen LogP contribution in [-0.2, 0) is 6.61 Å². The number of methoxy groups -OCH3 is 1. The van der Waals surface area contributed by atoms with Crippen molar-refractivity contribution in [1.29, 1.82) is 0 Å². The van der Waals surface area contributed by atoms with Crippen LogP contribution in [0.5, 0.6) is 17.2 Å². The fourth-order valence-electron chi connectivity index (χ4n) is 2.80. The van der Waals surface area contributed by atoms with Gasteiger partial charge in [-0.3, -0.25) is 0 Å². The van der Waals surface area contributed by atoms with E-state index in [4.69, 9.17) is 9.47 Å². The van der Waals surface area contributed by atoms with Gasteiger partial charge >= 0.3 is 0 Å². The van der Waals surface area contributed by atoms with Crippen LogP contribution in [0, 0.1) is 6.92 Å². The van der Waals surface area contributed by atoms with Crippen LogP contribution >= 0.6 is 23.7 Å². The average molecular weight is 430 g/mol. The number of phenols is 1. The van der Waals surface area contributed by atoms with Crippen molar-refractivity contribution in [2.75, 3.05) is 12.4 Å². The standard InChI is InChI=1S/C21H19N3O3S.ClH/c1-13-3-4-15(7-18(13)25)24-21-16-8-19(26-2)20(9-17(16)22-12-23-21)27-10-14-5-6-28-11-14;/h3-9,11-12,25H,10H2,1-2H3,(H,22,23,24);1H. The van der Waals surface area contributed by atoms with E-state index in [0.717, 1.165) is 27.7 Å². The highest BCUT2D eigenvalue weighted by Gasteiger charge is 2.12. The van der Waals surface area contributed by atoms with E-state index < -0.39 is 0 Å². The van der Waals surface area contributed by atoms with Crippen LogP contribution in [0.25, 0.3) is 10.9 Å². The van der Waals surface area contributed by atoms with Gasteiger partial charge in [0.2, 0.25) is 0 Å². The normalized spacial score (nSPS) is 10.4. The Morgan fingerprint density at radius 2 is 1.97 bits per heavy atom. The maximum Gasteiger partial charge on any atom is 0.163 e. The average Bonchev–Trinajstić information content (AvgIpc) is 3.22. The zero-order valence-corrected chi connectivity index (χ0v) is 17.5. The molecule has 8 heteroatoms. The maximum absolute atomic E-state index is 9.94. The number of nitrogens with one attached hydrogen (secondary N) is 1. The van der Waals surface area contributed by atoms with Gasteiger partial charge < -0.3 is 19.9 Å². The van der Waals surface area contributed by atoms with Gasteiger partial charge in [0.25, 0.3) is 0 Å². The molecule has 2 heterocycles. The van der Waals surface area contributed by atoms with Crippen molar-refractivity contribution in [3.05, 3.63) is 64.6 Å². The van der Waals surface area contributed by atoms with Crippen molar-refractivity contribution in [3.8, 4) is 17.2 Å². The van der Waals surface area contributed by atoms with Crippen LogP contribution in [-0.4, -0.2) is 22.2 Å². The number of hydrogen-bond acceptors (Lipinski definition) is 7. The minimum absolute atomic E-state index is 0. The summed E-state index contributed by atoms with van der Waals surface area (Å²) in [7, 11) is 1.60. The Morgan fingerprint density at radius 1 is 1.10 bits per heavy atom.